The number of halogens is 1. The Labute approximate surface area is 191 Å². The lowest BCUT2D eigenvalue weighted by atomic mass is 9.90. The van der Waals surface area contributed by atoms with Crippen molar-refractivity contribution in [3.63, 3.8) is 0 Å². The first-order valence-electron chi connectivity index (χ1n) is 11.1. The average Bonchev–Trinajstić information content (AvgIpc) is 2.93. The van der Waals surface area contributed by atoms with Crippen molar-refractivity contribution in [3.05, 3.63) is 63.8 Å². The van der Waals surface area contributed by atoms with Crippen LogP contribution in [0.4, 0.5) is 4.39 Å². The highest BCUT2D eigenvalue weighted by atomic mass is 32.2. The zero-order valence-corrected chi connectivity index (χ0v) is 20.3. The molecule has 0 bridgehead atoms. The van der Waals surface area contributed by atoms with Crippen LogP contribution in [0.2, 0.25) is 0 Å². The summed E-state index contributed by atoms with van der Waals surface area (Å²) in [6.07, 6.45) is 10.1. The molecule has 1 aliphatic heterocycles. The van der Waals surface area contributed by atoms with E-state index < -0.39 is 5.41 Å². The summed E-state index contributed by atoms with van der Waals surface area (Å²) in [4.78, 5) is 13.1. The number of esters is 1. The summed E-state index contributed by atoms with van der Waals surface area (Å²) in [5.41, 5.74) is 4.50. The van der Waals surface area contributed by atoms with Crippen molar-refractivity contribution in [1.29, 1.82) is 0 Å². The zero-order valence-electron chi connectivity index (χ0n) is 19.5. The van der Waals surface area contributed by atoms with Crippen molar-refractivity contribution >= 4 is 23.3 Å². The van der Waals surface area contributed by atoms with Crippen molar-refractivity contribution in [2.45, 2.75) is 59.1 Å². The summed E-state index contributed by atoms with van der Waals surface area (Å²) in [5.74, 6) is 0.424. The van der Waals surface area contributed by atoms with Gasteiger partial charge in [-0.2, -0.15) is 0 Å². The molecule has 0 amide bonds. The number of methoxy groups -OCH3 is 1. The van der Waals surface area contributed by atoms with E-state index in [9.17, 15) is 9.18 Å². The van der Waals surface area contributed by atoms with Gasteiger partial charge in [0.15, 0.2) is 0 Å². The number of hydrogen-bond acceptors (Lipinski definition) is 4. The van der Waals surface area contributed by atoms with E-state index in [-0.39, 0.29) is 11.8 Å². The highest BCUT2D eigenvalue weighted by Crippen LogP contribution is 2.41. The number of allylic oxidation sites excluding steroid dienone is 6. The Morgan fingerprint density at radius 3 is 2.81 bits per heavy atom. The number of carbonyl (C=O) groups excluding carboxylic acids is 1. The lowest BCUT2D eigenvalue weighted by molar-refractivity contribution is -0.150. The van der Waals surface area contributed by atoms with E-state index in [1.54, 1.807) is 23.9 Å². The summed E-state index contributed by atoms with van der Waals surface area (Å²) in [7, 11) is 1.43. The van der Waals surface area contributed by atoms with Gasteiger partial charge in [0.2, 0.25) is 0 Å². The Morgan fingerprint density at radius 1 is 1.35 bits per heavy atom. The lowest BCUT2D eigenvalue weighted by Gasteiger charge is -2.22. The molecule has 0 radical (unpaired) electrons. The minimum Gasteiger partial charge on any atom is -0.469 e. The summed E-state index contributed by atoms with van der Waals surface area (Å²) in [5, 5.41) is 3.40. The number of rotatable bonds is 9. The van der Waals surface area contributed by atoms with E-state index in [1.807, 2.05) is 32.9 Å². The Kier molecular flexibility index (Phi) is 10.0. The van der Waals surface area contributed by atoms with Crippen molar-refractivity contribution in [2.75, 3.05) is 20.2 Å². The summed E-state index contributed by atoms with van der Waals surface area (Å²) in [6, 6.07) is 5.21. The molecule has 1 heterocycles. The lowest BCUT2D eigenvalue weighted by Crippen LogP contribution is -2.37. The molecule has 1 aliphatic rings. The molecule has 1 N–H and O–H groups in total. The molecule has 1 aromatic carbocycles. The van der Waals surface area contributed by atoms with E-state index in [4.69, 9.17) is 4.74 Å². The summed E-state index contributed by atoms with van der Waals surface area (Å²) in [6.45, 7) is 9.43. The van der Waals surface area contributed by atoms with Crippen LogP contribution in [0.1, 0.15) is 64.5 Å². The molecule has 0 fully saturated rings. The van der Waals surface area contributed by atoms with Crippen LogP contribution in [-0.2, 0) is 15.3 Å². The fourth-order valence-corrected chi connectivity index (χ4v) is 4.81. The smallest absolute Gasteiger partial charge is 0.312 e. The molecule has 0 spiro atoms. The predicted octanol–water partition coefficient (Wildman–Crippen LogP) is 6.66. The Hall–Kier alpha value is -1.85. The van der Waals surface area contributed by atoms with Gasteiger partial charge in [-0.15, -0.1) is 11.8 Å². The van der Waals surface area contributed by atoms with Gasteiger partial charge in [-0.25, -0.2) is 4.39 Å². The summed E-state index contributed by atoms with van der Waals surface area (Å²) < 4.78 is 18.8. The minimum absolute atomic E-state index is 0.171. The monoisotopic (exact) mass is 445 g/mol. The van der Waals surface area contributed by atoms with Gasteiger partial charge in [-0.3, -0.25) is 4.79 Å². The van der Waals surface area contributed by atoms with Gasteiger partial charge in [0, 0.05) is 18.7 Å². The first kappa shape index (κ1) is 25.4. The van der Waals surface area contributed by atoms with Crippen molar-refractivity contribution in [3.8, 4) is 0 Å². The van der Waals surface area contributed by atoms with E-state index in [1.165, 1.54) is 28.7 Å². The van der Waals surface area contributed by atoms with Crippen LogP contribution in [0.25, 0.3) is 5.57 Å². The van der Waals surface area contributed by atoms with Crippen molar-refractivity contribution in [2.24, 2.45) is 5.41 Å². The molecular weight excluding hydrogens is 409 g/mol. The van der Waals surface area contributed by atoms with E-state index >= 15 is 0 Å². The third kappa shape index (κ3) is 7.36. The van der Waals surface area contributed by atoms with Crippen LogP contribution in [0, 0.1) is 11.2 Å². The molecule has 3 nitrogen and oxygen atoms in total. The van der Waals surface area contributed by atoms with Crippen molar-refractivity contribution < 1.29 is 13.9 Å². The van der Waals surface area contributed by atoms with E-state index in [2.05, 4.69) is 24.4 Å². The number of carbonyl (C=O) groups is 1. The van der Waals surface area contributed by atoms with Crippen LogP contribution >= 0.6 is 11.8 Å². The van der Waals surface area contributed by atoms with Gasteiger partial charge in [0.25, 0.3) is 0 Å². The molecular formula is C26H36FNO2S. The maximum Gasteiger partial charge on any atom is 0.312 e. The Balaban J connectivity index is 2.16. The molecule has 5 heteroatoms. The van der Waals surface area contributed by atoms with Gasteiger partial charge < -0.3 is 10.1 Å². The number of benzene rings is 1. The molecule has 0 unspecified atom stereocenters. The normalized spacial score (nSPS) is 17.5. The highest BCUT2D eigenvalue weighted by Gasteiger charge is 2.28. The van der Waals surface area contributed by atoms with Crippen LogP contribution < -0.4 is 5.32 Å². The maximum absolute atomic E-state index is 13.9. The van der Waals surface area contributed by atoms with Gasteiger partial charge in [-0.1, -0.05) is 36.8 Å². The molecule has 1 aromatic rings. The number of ether oxygens (including phenoxy) is 1. The van der Waals surface area contributed by atoms with Gasteiger partial charge in [-0.05, 0) is 80.3 Å². The van der Waals surface area contributed by atoms with E-state index in [0.29, 0.717) is 6.54 Å². The molecule has 31 heavy (non-hydrogen) atoms. The second-order valence-electron chi connectivity index (χ2n) is 8.52. The minimum atomic E-state index is -0.533. The standard InChI is InChI=1S/C26H36FNO2S/c1-6-8-11-22-16-24(23-13-12-21(27)15-20(23)17-31-22)19(7-2)10-9-14-28-18-26(3,4)25(29)30-5/h6,8,11-13,15,28H,7,9-10,14,16-18H2,1-5H3/b8-6-,22-11+,24-19+. The molecule has 0 aliphatic carbocycles. The molecule has 0 saturated carbocycles. The number of hydrogen-bond donors (Lipinski definition) is 1. The second kappa shape index (κ2) is 12.3. The molecule has 170 valence electrons. The number of thioether (sulfide) groups is 1. The van der Waals surface area contributed by atoms with Crippen LogP contribution in [-0.4, -0.2) is 26.2 Å². The topological polar surface area (TPSA) is 38.3 Å². The first-order valence-corrected chi connectivity index (χ1v) is 12.0. The SMILES string of the molecule is C/C=C\C=C1/C/C(=C(/CC)CCCNCC(C)(C)C(=O)OC)c2ccc(F)cc2CS1. The van der Waals surface area contributed by atoms with Gasteiger partial charge in [0.05, 0.1) is 12.5 Å². The molecule has 0 aromatic heterocycles. The number of fused-ring (bicyclic) bond motifs is 1. The fourth-order valence-electron chi connectivity index (χ4n) is 3.81. The molecule has 0 atom stereocenters. The molecule has 2 rings (SSSR count). The van der Waals surface area contributed by atoms with E-state index in [0.717, 1.165) is 43.5 Å². The average molecular weight is 446 g/mol. The number of nitrogens with one attached hydrogen (secondary N) is 1. The van der Waals surface area contributed by atoms with Gasteiger partial charge >= 0.3 is 5.97 Å². The summed E-state index contributed by atoms with van der Waals surface area (Å²) >= 11 is 1.80. The zero-order chi connectivity index (χ0) is 22.9. The largest absolute Gasteiger partial charge is 0.469 e. The highest BCUT2D eigenvalue weighted by molar-refractivity contribution is 8.02. The predicted molar refractivity (Wildman–Crippen MR) is 130 cm³/mol. The van der Waals surface area contributed by atoms with Gasteiger partial charge in [0.1, 0.15) is 5.82 Å². The van der Waals surface area contributed by atoms with Crippen LogP contribution in [0.5, 0.6) is 0 Å². The first-order chi connectivity index (χ1) is 14.8. The van der Waals surface area contributed by atoms with Crippen LogP contribution in [0.15, 0.2) is 46.9 Å². The van der Waals surface area contributed by atoms with Crippen LogP contribution in [0.3, 0.4) is 0 Å². The quantitative estimate of drug-likeness (QED) is 0.341. The molecule has 0 saturated heterocycles. The third-order valence-electron chi connectivity index (χ3n) is 5.62. The fraction of sp³-hybridized carbons (Fsp3) is 0.500. The Morgan fingerprint density at radius 2 is 2.13 bits per heavy atom. The Bertz CT molecular complexity index is 855. The van der Waals surface area contributed by atoms with Crippen molar-refractivity contribution in [1.82, 2.24) is 5.32 Å². The third-order valence-corrected chi connectivity index (χ3v) is 6.73. The maximum atomic E-state index is 13.9. The second-order valence-corrected chi connectivity index (χ2v) is 9.62.